The van der Waals surface area contributed by atoms with E-state index in [-0.39, 0.29) is 37.1 Å². The molecule has 0 aliphatic heterocycles. The Hall–Kier alpha value is -3.56. The van der Waals surface area contributed by atoms with E-state index in [1.807, 2.05) is 30.3 Å². The molecule has 2 aromatic carbocycles. The first kappa shape index (κ1) is 24.1. The normalized spacial score (nSPS) is 12.0. The SMILES string of the molecule is CCn1c(=O)c(C(=O)CNC(COC)c2ccccc2)c(N)n(Cc2ccc(F)cc2)c1=O. The molecule has 0 spiro atoms. The molecule has 0 bridgehead atoms. The Morgan fingerprint density at radius 3 is 2.36 bits per heavy atom. The van der Waals surface area contributed by atoms with Gasteiger partial charge in [0.15, 0.2) is 5.78 Å². The largest absolute Gasteiger partial charge is 0.384 e. The molecule has 9 heteroatoms. The van der Waals surface area contributed by atoms with Crippen molar-refractivity contribution in [2.45, 2.75) is 26.1 Å². The lowest BCUT2D eigenvalue weighted by Crippen LogP contribution is -2.45. The van der Waals surface area contributed by atoms with E-state index in [4.69, 9.17) is 10.5 Å². The third kappa shape index (κ3) is 5.44. The smallest absolute Gasteiger partial charge is 0.332 e. The van der Waals surface area contributed by atoms with Crippen LogP contribution in [0.3, 0.4) is 0 Å². The lowest BCUT2D eigenvalue weighted by molar-refractivity contribution is 0.0974. The molecule has 174 valence electrons. The molecular weight excluding hydrogens is 427 g/mol. The van der Waals surface area contributed by atoms with Crippen LogP contribution in [0.4, 0.5) is 10.2 Å². The molecule has 0 amide bonds. The maximum atomic E-state index is 13.3. The molecule has 3 rings (SSSR count). The van der Waals surface area contributed by atoms with Crippen LogP contribution >= 0.6 is 0 Å². The molecule has 0 saturated carbocycles. The average Bonchev–Trinajstić information content (AvgIpc) is 2.81. The molecule has 1 unspecified atom stereocenters. The summed E-state index contributed by atoms with van der Waals surface area (Å²) in [6, 6.07) is 14.7. The molecule has 1 heterocycles. The minimum atomic E-state index is -0.731. The first-order chi connectivity index (χ1) is 15.9. The molecule has 0 saturated heterocycles. The van der Waals surface area contributed by atoms with Gasteiger partial charge >= 0.3 is 5.69 Å². The van der Waals surface area contributed by atoms with Crippen LogP contribution in [0.25, 0.3) is 0 Å². The highest BCUT2D eigenvalue weighted by molar-refractivity contribution is 6.01. The molecule has 0 aliphatic carbocycles. The maximum absolute atomic E-state index is 13.3. The molecule has 3 N–H and O–H groups in total. The molecule has 8 nitrogen and oxygen atoms in total. The molecule has 0 radical (unpaired) electrons. The standard InChI is InChI=1S/C24H27FN4O4/c1-3-28-23(31)21(20(30)13-27-19(15-33-2)17-7-5-4-6-8-17)22(26)29(24(28)32)14-16-9-11-18(25)12-10-16/h4-12,19,27H,3,13-15,26H2,1-2H3. The molecule has 3 aromatic rings. The highest BCUT2D eigenvalue weighted by Crippen LogP contribution is 2.14. The van der Waals surface area contributed by atoms with Gasteiger partial charge in [-0.25, -0.2) is 9.18 Å². The zero-order valence-electron chi connectivity index (χ0n) is 18.6. The van der Waals surface area contributed by atoms with Crippen molar-refractivity contribution < 1.29 is 13.9 Å². The fraction of sp³-hybridized carbons (Fsp3) is 0.292. The number of anilines is 1. The number of hydrogen-bond acceptors (Lipinski definition) is 6. The lowest BCUT2D eigenvalue weighted by Gasteiger charge is -2.19. The summed E-state index contributed by atoms with van der Waals surface area (Å²) in [6.07, 6.45) is 0. The number of carbonyl (C=O) groups excluding carboxylic acids is 1. The number of methoxy groups -OCH3 is 1. The molecule has 1 aromatic heterocycles. The van der Waals surface area contributed by atoms with Crippen molar-refractivity contribution in [3.8, 4) is 0 Å². The number of hydrogen-bond donors (Lipinski definition) is 2. The summed E-state index contributed by atoms with van der Waals surface area (Å²) < 4.78 is 20.6. The van der Waals surface area contributed by atoms with E-state index in [2.05, 4.69) is 5.32 Å². The number of ether oxygens (including phenoxy) is 1. The number of nitrogens with zero attached hydrogens (tertiary/aromatic N) is 2. The van der Waals surface area contributed by atoms with E-state index in [1.165, 1.54) is 24.3 Å². The van der Waals surface area contributed by atoms with Gasteiger partial charge in [-0.3, -0.25) is 18.7 Å². The third-order valence-electron chi connectivity index (χ3n) is 5.36. The molecule has 0 aliphatic rings. The van der Waals surface area contributed by atoms with Crippen molar-refractivity contribution in [3.05, 3.63) is 97.9 Å². The summed E-state index contributed by atoms with van der Waals surface area (Å²) >= 11 is 0. The number of ketones is 1. The Kier molecular flexibility index (Phi) is 7.92. The van der Waals surface area contributed by atoms with Crippen molar-refractivity contribution in [1.29, 1.82) is 0 Å². The molecule has 1 atom stereocenters. The van der Waals surface area contributed by atoms with Crippen LogP contribution in [0, 0.1) is 5.82 Å². The summed E-state index contributed by atoms with van der Waals surface area (Å²) in [4.78, 5) is 38.9. The van der Waals surface area contributed by atoms with Gasteiger partial charge in [-0.1, -0.05) is 42.5 Å². The highest BCUT2D eigenvalue weighted by Gasteiger charge is 2.23. The van der Waals surface area contributed by atoms with Crippen molar-refractivity contribution in [2.75, 3.05) is 26.0 Å². The summed E-state index contributed by atoms with van der Waals surface area (Å²) in [5.74, 6) is -1.16. The summed E-state index contributed by atoms with van der Waals surface area (Å²) in [7, 11) is 1.56. The number of nitrogen functional groups attached to an aromatic ring is 1. The van der Waals surface area contributed by atoms with E-state index < -0.39 is 22.8 Å². The van der Waals surface area contributed by atoms with Gasteiger partial charge in [0.25, 0.3) is 5.56 Å². The van der Waals surface area contributed by atoms with E-state index in [9.17, 15) is 18.8 Å². The Morgan fingerprint density at radius 2 is 1.76 bits per heavy atom. The van der Waals surface area contributed by atoms with Gasteiger partial charge in [-0.15, -0.1) is 0 Å². The average molecular weight is 455 g/mol. The van der Waals surface area contributed by atoms with E-state index in [1.54, 1.807) is 14.0 Å². The number of nitrogens with two attached hydrogens (primary N) is 1. The highest BCUT2D eigenvalue weighted by atomic mass is 19.1. The van der Waals surface area contributed by atoms with Crippen molar-refractivity contribution >= 4 is 11.6 Å². The fourth-order valence-electron chi connectivity index (χ4n) is 3.61. The van der Waals surface area contributed by atoms with Crippen molar-refractivity contribution in [3.63, 3.8) is 0 Å². The van der Waals surface area contributed by atoms with E-state index in [0.29, 0.717) is 12.2 Å². The van der Waals surface area contributed by atoms with Gasteiger partial charge in [0.2, 0.25) is 0 Å². The minimum absolute atomic E-state index is 0.00471. The third-order valence-corrected chi connectivity index (χ3v) is 5.36. The second kappa shape index (κ2) is 10.8. The molecule has 0 fully saturated rings. The first-order valence-corrected chi connectivity index (χ1v) is 10.5. The Morgan fingerprint density at radius 1 is 1.09 bits per heavy atom. The summed E-state index contributed by atoms with van der Waals surface area (Å²) in [5, 5.41) is 3.11. The topological polar surface area (TPSA) is 108 Å². The fourth-order valence-corrected chi connectivity index (χ4v) is 3.61. The monoisotopic (exact) mass is 454 g/mol. The van der Waals surface area contributed by atoms with Gasteiger partial charge in [-0.2, -0.15) is 0 Å². The van der Waals surface area contributed by atoms with Crippen LogP contribution in [-0.2, 0) is 17.8 Å². The number of aromatic nitrogens is 2. The van der Waals surface area contributed by atoms with E-state index in [0.717, 1.165) is 14.7 Å². The number of carbonyl (C=O) groups is 1. The predicted octanol–water partition coefficient (Wildman–Crippen LogP) is 1.96. The summed E-state index contributed by atoms with van der Waals surface area (Å²) in [5.41, 5.74) is 6.08. The van der Waals surface area contributed by atoms with Crippen molar-refractivity contribution in [2.24, 2.45) is 0 Å². The second-order valence-corrected chi connectivity index (χ2v) is 7.53. The zero-order valence-corrected chi connectivity index (χ0v) is 18.6. The van der Waals surface area contributed by atoms with Crippen LogP contribution in [0.15, 0.2) is 64.2 Å². The van der Waals surface area contributed by atoms with Gasteiger partial charge < -0.3 is 15.8 Å². The quantitative estimate of drug-likeness (QED) is 0.454. The van der Waals surface area contributed by atoms with Crippen molar-refractivity contribution in [1.82, 2.24) is 14.5 Å². The van der Waals surface area contributed by atoms with Gasteiger partial charge in [-0.05, 0) is 30.2 Å². The predicted molar refractivity (Wildman–Crippen MR) is 124 cm³/mol. The zero-order chi connectivity index (χ0) is 24.0. The molecular formula is C24H27FN4O4. The number of rotatable bonds is 10. The van der Waals surface area contributed by atoms with E-state index >= 15 is 0 Å². The number of nitrogens with one attached hydrogen (secondary N) is 1. The van der Waals surface area contributed by atoms with Crippen LogP contribution in [0.2, 0.25) is 0 Å². The second-order valence-electron chi connectivity index (χ2n) is 7.53. The minimum Gasteiger partial charge on any atom is -0.384 e. The summed E-state index contributed by atoms with van der Waals surface area (Å²) in [6.45, 7) is 1.84. The van der Waals surface area contributed by atoms with Crippen LogP contribution < -0.4 is 22.3 Å². The Bertz CT molecular complexity index is 1220. The Labute approximate surface area is 190 Å². The number of halogens is 1. The Balaban J connectivity index is 1.94. The molecule has 33 heavy (non-hydrogen) atoms. The first-order valence-electron chi connectivity index (χ1n) is 10.5. The maximum Gasteiger partial charge on any atom is 0.332 e. The number of benzene rings is 2. The van der Waals surface area contributed by atoms with Crippen LogP contribution in [0.1, 0.15) is 34.5 Å². The number of Topliss-reactive ketones (excluding diaryl/α,β-unsaturated/α-hetero) is 1. The lowest BCUT2D eigenvalue weighted by atomic mass is 10.1. The van der Waals surface area contributed by atoms with Gasteiger partial charge in [0, 0.05) is 13.7 Å². The van der Waals surface area contributed by atoms with Crippen LogP contribution in [-0.4, -0.2) is 35.2 Å². The van der Waals surface area contributed by atoms with Crippen LogP contribution in [0.5, 0.6) is 0 Å². The van der Waals surface area contributed by atoms with Gasteiger partial charge in [0.05, 0.1) is 25.7 Å². The van der Waals surface area contributed by atoms with Gasteiger partial charge in [0.1, 0.15) is 17.2 Å².